The van der Waals surface area contributed by atoms with E-state index in [1.165, 1.54) is 4.31 Å². The zero-order valence-corrected chi connectivity index (χ0v) is 14.1. The Hall–Kier alpha value is -1.78. The molecule has 3 nitrogen and oxygen atoms in total. The van der Waals surface area contributed by atoms with Crippen molar-refractivity contribution in [3.05, 3.63) is 77.0 Å². The predicted molar refractivity (Wildman–Crippen MR) is 90.0 cm³/mol. The Morgan fingerprint density at radius 1 is 1.09 bits per heavy atom. The van der Waals surface area contributed by atoms with Crippen LogP contribution in [-0.4, -0.2) is 12.7 Å². The van der Waals surface area contributed by atoms with Gasteiger partial charge in [-0.25, -0.2) is 8.42 Å². The second-order valence-corrected chi connectivity index (χ2v) is 7.17. The normalized spacial score (nSPS) is 12.2. The van der Waals surface area contributed by atoms with Crippen LogP contribution in [0.15, 0.2) is 70.7 Å². The molecule has 0 unspecified atom stereocenters. The highest BCUT2D eigenvalue weighted by Crippen LogP contribution is 2.25. The third-order valence-electron chi connectivity index (χ3n) is 3.25. The lowest BCUT2D eigenvalue weighted by atomic mass is 10.2. The topological polar surface area (TPSA) is 37.4 Å². The highest BCUT2D eigenvalue weighted by atomic mass is 35.5. The summed E-state index contributed by atoms with van der Waals surface area (Å²) in [6.07, 6.45) is 1.58. The molecular weight excluding hydrogens is 318 g/mol. The van der Waals surface area contributed by atoms with E-state index in [-0.39, 0.29) is 16.6 Å². The van der Waals surface area contributed by atoms with Gasteiger partial charge in [0.1, 0.15) is 5.16 Å². The number of allylic oxidation sites excluding steroid dienone is 1. The Morgan fingerprint density at radius 3 is 2.23 bits per heavy atom. The van der Waals surface area contributed by atoms with Gasteiger partial charge < -0.3 is 0 Å². The van der Waals surface area contributed by atoms with Gasteiger partial charge in [-0.15, -0.1) is 0 Å². The van der Waals surface area contributed by atoms with Crippen LogP contribution in [0.4, 0.5) is 0 Å². The molecular formula is C17H18ClNO2S. The summed E-state index contributed by atoms with van der Waals surface area (Å²) >= 11 is 6.15. The number of rotatable bonds is 5. The predicted octanol–water partition coefficient (Wildman–Crippen LogP) is 4.29. The lowest BCUT2D eigenvalue weighted by Crippen LogP contribution is -2.28. The second-order valence-electron chi connectivity index (χ2n) is 4.92. The largest absolute Gasteiger partial charge is 0.265 e. The third kappa shape index (κ3) is 3.70. The van der Waals surface area contributed by atoms with Crippen molar-refractivity contribution in [1.29, 1.82) is 0 Å². The summed E-state index contributed by atoms with van der Waals surface area (Å²) in [4.78, 5) is 0.231. The van der Waals surface area contributed by atoms with Crippen molar-refractivity contribution in [2.45, 2.75) is 25.3 Å². The molecule has 116 valence electrons. The van der Waals surface area contributed by atoms with E-state index < -0.39 is 10.0 Å². The summed E-state index contributed by atoms with van der Waals surface area (Å²) in [5.74, 6) is 0. The van der Waals surface area contributed by atoms with Gasteiger partial charge in [-0.3, -0.25) is 4.31 Å². The molecule has 5 heteroatoms. The number of aryl methyl sites for hydroxylation is 1. The average molecular weight is 336 g/mol. The van der Waals surface area contributed by atoms with Gasteiger partial charge in [0.2, 0.25) is 0 Å². The third-order valence-corrected chi connectivity index (χ3v) is 5.55. The molecule has 0 bridgehead atoms. The number of hydrogen-bond acceptors (Lipinski definition) is 2. The molecule has 0 saturated heterocycles. The molecule has 0 aliphatic heterocycles. The van der Waals surface area contributed by atoms with Gasteiger partial charge in [0.15, 0.2) is 0 Å². The quantitative estimate of drug-likeness (QED) is 0.764. The van der Waals surface area contributed by atoms with Crippen molar-refractivity contribution in [2.24, 2.45) is 0 Å². The highest BCUT2D eigenvalue weighted by Gasteiger charge is 2.25. The van der Waals surface area contributed by atoms with Gasteiger partial charge in [-0.1, -0.05) is 65.7 Å². The van der Waals surface area contributed by atoms with Crippen LogP contribution in [0.1, 0.15) is 18.1 Å². The van der Waals surface area contributed by atoms with E-state index >= 15 is 0 Å². The summed E-state index contributed by atoms with van der Waals surface area (Å²) < 4.78 is 26.9. The zero-order valence-electron chi connectivity index (χ0n) is 12.5. The van der Waals surface area contributed by atoms with Crippen LogP contribution in [0.25, 0.3) is 0 Å². The van der Waals surface area contributed by atoms with Crippen molar-refractivity contribution in [2.75, 3.05) is 0 Å². The molecule has 0 aromatic heterocycles. The lowest BCUT2D eigenvalue weighted by Gasteiger charge is -2.23. The molecule has 0 aliphatic carbocycles. The molecule has 0 fully saturated rings. The smallest absolute Gasteiger partial charge is 0.252 e. The first kappa shape index (κ1) is 16.6. The summed E-state index contributed by atoms with van der Waals surface area (Å²) in [7, 11) is -3.69. The molecule has 22 heavy (non-hydrogen) atoms. The average Bonchev–Trinajstić information content (AvgIpc) is 2.53. The molecule has 0 radical (unpaired) electrons. The lowest BCUT2D eigenvalue weighted by molar-refractivity contribution is 0.487. The Morgan fingerprint density at radius 2 is 1.68 bits per heavy atom. The summed E-state index contributed by atoms with van der Waals surface area (Å²) in [5, 5.41) is 0.185. The van der Waals surface area contributed by atoms with E-state index in [0.717, 1.165) is 11.1 Å². The minimum absolute atomic E-state index is 0.185. The molecule has 0 heterocycles. The van der Waals surface area contributed by atoms with Gasteiger partial charge in [0.25, 0.3) is 10.0 Å². The van der Waals surface area contributed by atoms with Crippen molar-refractivity contribution in [3.63, 3.8) is 0 Å². The van der Waals surface area contributed by atoms with E-state index in [1.807, 2.05) is 37.3 Å². The highest BCUT2D eigenvalue weighted by molar-refractivity contribution is 7.89. The van der Waals surface area contributed by atoms with Gasteiger partial charge >= 0.3 is 0 Å². The van der Waals surface area contributed by atoms with Gasteiger partial charge in [-0.2, -0.15) is 0 Å². The fourth-order valence-electron chi connectivity index (χ4n) is 2.01. The Balaban J connectivity index is 2.42. The molecule has 0 spiro atoms. The van der Waals surface area contributed by atoms with Crippen LogP contribution in [-0.2, 0) is 16.6 Å². The maximum atomic E-state index is 12.8. The Kier molecular flexibility index (Phi) is 5.27. The SMILES string of the molecule is C/C=C(/Cl)N(Cc1ccccc1)S(=O)(=O)c1ccc(C)cc1. The van der Waals surface area contributed by atoms with Gasteiger partial charge in [0, 0.05) is 0 Å². The molecule has 0 saturated carbocycles. The van der Waals surface area contributed by atoms with Crippen LogP contribution in [0.5, 0.6) is 0 Å². The molecule has 2 aromatic carbocycles. The monoisotopic (exact) mass is 335 g/mol. The van der Waals surface area contributed by atoms with Crippen LogP contribution in [0, 0.1) is 6.92 Å². The molecule has 0 atom stereocenters. The van der Waals surface area contributed by atoms with Crippen LogP contribution >= 0.6 is 11.6 Å². The molecule has 2 rings (SSSR count). The zero-order chi connectivity index (χ0) is 16.2. The van der Waals surface area contributed by atoms with E-state index in [9.17, 15) is 8.42 Å². The number of hydrogen-bond donors (Lipinski definition) is 0. The second kappa shape index (κ2) is 6.99. The fraction of sp³-hybridized carbons (Fsp3) is 0.176. The van der Waals surface area contributed by atoms with Crippen molar-refractivity contribution >= 4 is 21.6 Å². The van der Waals surface area contributed by atoms with Crippen LogP contribution < -0.4 is 0 Å². The van der Waals surface area contributed by atoms with E-state index in [0.29, 0.717) is 0 Å². The first-order chi connectivity index (χ1) is 10.4. The first-order valence-corrected chi connectivity index (χ1v) is 8.72. The number of nitrogens with zero attached hydrogens (tertiary/aromatic N) is 1. The van der Waals surface area contributed by atoms with Crippen LogP contribution in [0.3, 0.4) is 0 Å². The molecule has 0 N–H and O–H groups in total. The van der Waals surface area contributed by atoms with Gasteiger partial charge in [-0.05, 0) is 31.5 Å². The number of benzene rings is 2. The minimum Gasteiger partial charge on any atom is -0.252 e. The molecule has 2 aromatic rings. The van der Waals surface area contributed by atoms with Gasteiger partial charge in [0.05, 0.1) is 11.4 Å². The van der Waals surface area contributed by atoms with E-state index in [4.69, 9.17) is 11.6 Å². The number of halogens is 1. The first-order valence-electron chi connectivity index (χ1n) is 6.90. The molecule has 0 aliphatic rings. The summed E-state index contributed by atoms with van der Waals surface area (Å²) in [5.41, 5.74) is 1.88. The summed E-state index contributed by atoms with van der Waals surface area (Å²) in [6, 6.07) is 16.1. The van der Waals surface area contributed by atoms with Crippen molar-refractivity contribution < 1.29 is 8.42 Å². The van der Waals surface area contributed by atoms with Crippen molar-refractivity contribution in [3.8, 4) is 0 Å². The Bertz CT molecular complexity index is 753. The maximum Gasteiger partial charge on any atom is 0.265 e. The van der Waals surface area contributed by atoms with E-state index in [1.54, 1.807) is 37.3 Å². The Labute approximate surface area is 136 Å². The fourth-order valence-corrected chi connectivity index (χ4v) is 3.73. The van der Waals surface area contributed by atoms with Crippen molar-refractivity contribution in [1.82, 2.24) is 4.31 Å². The van der Waals surface area contributed by atoms with E-state index in [2.05, 4.69) is 0 Å². The molecule has 0 amide bonds. The maximum absolute atomic E-state index is 12.8. The summed E-state index contributed by atoms with van der Waals surface area (Å²) in [6.45, 7) is 3.82. The standard InChI is InChI=1S/C17H18ClNO2S/c1-3-17(18)19(13-15-7-5-4-6-8-15)22(20,21)16-11-9-14(2)10-12-16/h3-12H,13H2,1-2H3/b17-3-. The van der Waals surface area contributed by atoms with Crippen LogP contribution in [0.2, 0.25) is 0 Å². The number of sulfonamides is 1. The minimum atomic E-state index is -3.69.